The van der Waals surface area contributed by atoms with Crippen LogP contribution in [0.1, 0.15) is 125 Å². The van der Waals surface area contributed by atoms with Crippen LogP contribution in [0.25, 0.3) is 0 Å². The summed E-state index contributed by atoms with van der Waals surface area (Å²) >= 11 is 0. The Balaban J connectivity index is 1.23. The van der Waals surface area contributed by atoms with Gasteiger partial charge in [-0.3, -0.25) is 4.90 Å². The fraction of sp³-hybridized carbons (Fsp3) is 1.00. The van der Waals surface area contributed by atoms with Crippen LogP contribution < -0.4 is 0 Å². The van der Waals surface area contributed by atoms with Gasteiger partial charge in [-0.2, -0.15) is 0 Å². The van der Waals surface area contributed by atoms with Crippen molar-refractivity contribution in [2.75, 3.05) is 7.05 Å². The highest BCUT2D eigenvalue weighted by Gasteiger charge is 2.67. The van der Waals surface area contributed by atoms with Crippen molar-refractivity contribution in [3.05, 3.63) is 0 Å². The lowest BCUT2D eigenvalue weighted by Crippen LogP contribution is -2.52. The topological polar surface area (TPSA) is 3.24 Å². The van der Waals surface area contributed by atoms with Gasteiger partial charge >= 0.3 is 0 Å². The molecule has 0 N–H and O–H groups in total. The van der Waals surface area contributed by atoms with E-state index in [9.17, 15) is 0 Å². The molecule has 0 aromatic heterocycles. The molecule has 0 aromatic carbocycles. The second kappa shape index (κ2) is 10.4. The summed E-state index contributed by atoms with van der Waals surface area (Å²) in [5.41, 5.74) is 2.78. The van der Waals surface area contributed by atoms with Crippen LogP contribution in [0.5, 0.6) is 0 Å². The quantitative estimate of drug-likeness (QED) is 0.306. The lowest BCUT2D eigenvalue weighted by atomic mass is 9.53. The molecule has 14 atom stereocenters. The first-order valence-electron chi connectivity index (χ1n) is 18.7. The van der Waals surface area contributed by atoms with Crippen molar-refractivity contribution in [1.82, 2.24) is 4.90 Å². The molecule has 1 nitrogen and oxygen atoms in total. The maximum atomic E-state index is 3.10. The number of hydrogen-bond donors (Lipinski definition) is 0. The van der Waals surface area contributed by atoms with Crippen molar-refractivity contribution < 1.29 is 0 Å². The van der Waals surface area contributed by atoms with Gasteiger partial charge in [0, 0.05) is 12.1 Å². The van der Waals surface area contributed by atoms with Gasteiger partial charge in [-0.25, -0.2) is 0 Å². The second-order valence-corrected chi connectivity index (χ2v) is 24.1. The highest BCUT2D eigenvalue weighted by atomic mass is 28.3. The van der Waals surface area contributed by atoms with E-state index in [1.165, 1.54) is 32.1 Å². The average molecular weight is 566 g/mol. The fourth-order valence-electron chi connectivity index (χ4n) is 15.0. The third kappa shape index (κ3) is 4.35. The summed E-state index contributed by atoms with van der Waals surface area (Å²) in [4.78, 5) is 3.10. The van der Waals surface area contributed by atoms with Crippen molar-refractivity contribution in [3.8, 4) is 0 Å². The molecule has 6 saturated carbocycles. The molecule has 6 aliphatic carbocycles. The molecule has 7 rings (SSSR count). The van der Waals surface area contributed by atoms with E-state index in [4.69, 9.17) is 0 Å². The van der Waals surface area contributed by atoms with Gasteiger partial charge in [-0.15, -0.1) is 0 Å². The van der Waals surface area contributed by atoms with E-state index >= 15 is 0 Å². The number of nitrogens with zero attached hydrogens (tertiary/aromatic N) is 1. The summed E-state index contributed by atoms with van der Waals surface area (Å²) in [6, 6.07) is 1.86. The van der Waals surface area contributed by atoms with Crippen molar-refractivity contribution in [2.45, 2.75) is 161 Å². The Bertz CT molecular complexity index is 922. The van der Waals surface area contributed by atoms with Crippen LogP contribution in [0.15, 0.2) is 0 Å². The molecular formula is C38H67NSi. The first kappa shape index (κ1) is 28.9. The average Bonchev–Trinajstić information content (AvgIpc) is 3.53. The van der Waals surface area contributed by atoms with Crippen molar-refractivity contribution >= 4 is 8.07 Å². The third-order valence-corrected chi connectivity index (χ3v) is 21.2. The number of rotatable bonds is 4. The van der Waals surface area contributed by atoms with Crippen LogP contribution in [0.3, 0.4) is 0 Å². The van der Waals surface area contributed by atoms with Crippen LogP contribution in [-0.4, -0.2) is 32.1 Å². The first-order valence-corrected chi connectivity index (χ1v) is 21.9. The van der Waals surface area contributed by atoms with Crippen molar-refractivity contribution in [3.63, 3.8) is 0 Å². The maximum absolute atomic E-state index is 3.10. The van der Waals surface area contributed by atoms with Gasteiger partial charge in [0.25, 0.3) is 0 Å². The van der Waals surface area contributed by atoms with Crippen molar-refractivity contribution in [1.29, 1.82) is 0 Å². The van der Waals surface area contributed by atoms with Gasteiger partial charge < -0.3 is 0 Å². The normalized spacial score (nSPS) is 52.1. The summed E-state index contributed by atoms with van der Waals surface area (Å²) in [6.45, 7) is 19.0. The van der Waals surface area contributed by atoms with Gasteiger partial charge in [0.05, 0.1) is 8.07 Å². The van der Waals surface area contributed by atoms with Gasteiger partial charge in [-0.1, -0.05) is 79.8 Å². The minimum Gasteiger partial charge on any atom is -0.300 e. The second-order valence-electron chi connectivity index (χ2n) is 19.0. The smallest absolute Gasteiger partial charge is 0.0558 e. The van der Waals surface area contributed by atoms with E-state index in [0.29, 0.717) is 5.41 Å². The molecule has 1 aliphatic heterocycles. The zero-order chi connectivity index (χ0) is 28.1. The molecule has 0 bridgehead atoms. The highest BCUT2D eigenvalue weighted by Crippen LogP contribution is 2.70. The molecular weight excluding hydrogens is 499 g/mol. The van der Waals surface area contributed by atoms with E-state index < -0.39 is 8.07 Å². The van der Waals surface area contributed by atoms with Gasteiger partial charge in [0.1, 0.15) is 0 Å². The van der Waals surface area contributed by atoms with Gasteiger partial charge in [-0.05, 0) is 146 Å². The molecule has 0 spiro atoms. The molecule has 7 aliphatic rings. The summed E-state index contributed by atoms with van der Waals surface area (Å²) < 4.78 is 0. The van der Waals surface area contributed by atoms with E-state index in [1.54, 1.807) is 57.8 Å². The highest BCUT2D eigenvalue weighted by molar-refractivity contribution is 6.80. The van der Waals surface area contributed by atoms with Crippen molar-refractivity contribution in [2.24, 2.45) is 70.5 Å². The molecule has 14 unspecified atom stereocenters. The molecule has 2 heteroatoms. The largest absolute Gasteiger partial charge is 0.300 e. The summed E-state index contributed by atoms with van der Waals surface area (Å²) in [5, 5.41) is 0. The predicted octanol–water partition coefficient (Wildman–Crippen LogP) is 10.5. The van der Waals surface area contributed by atoms with Crippen LogP contribution in [0.2, 0.25) is 24.2 Å². The molecule has 7 fully saturated rings. The molecule has 228 valence electrons. The zero-order valence-electron chi connectivity index (χ0n) is 28.0. The SMILES string of the molecule is CC(C)CC1CC([Si](C)(C)C2C3CCCCC3C3C4CCC(C)CC4N(C)C32)C2CCC3C(CCCC3(C)C)C12. The number of likely N-dealkylation sites (tertiary alicyclic amines) is 1. The Labute approximate surface area is 250 Å². The zero-order valence-corrected chi connectivity index (χ0v) is 29.0. The van der Waals surface area contributed by atoms with Gasteiger partial charge in [0.2, 0.25) is 0 Å². The number of hydrogen-bond acceptors (Lipinski definition) is 1. The third-order valence-electron chi connectivity index (χ3n) is 16.1. The minimum atomic E-state index is -1.49. The molecule has 0 amide bonds. The van der Waals surface area contributed by atoms with E-state index in [1.807, 2.05) is 0 Å². The Kier molecular flexibility index (Phi) is 7.50. The van der Waals surface area contributed by atoms with E-state index in [-0.39, 0.29) is 0 Å². The van der Waals surface area contributed by atoms with Crippen LogP contribution >= 0.6 is 0 Å². The standard InChI is InChI=1S/C38H67NSi/c1-23(2)20-25-22-33(30-17-18-31-28(34(25)30)14-11-19-38(31,4)5)40(7,8)37-27-13-10-9-12-26(27)35-29-16-15-24(3)21-32(29)39(6)36(35)37/h23-37H,9-22H2,1-8H3. The molecule has 1 saturated heterocycles. The van der Waals surface area contributed by atoms with Crippen LogP contribution in [0, 0.1) is 70.5 Å². The molecule has 1 heterocycles. The Morgan fingerprint density at radius 2 is 1.48 bits per heavy atom. The fourth-order valence-corrected chi connectivity index (χ4v) is 20.7. The van der Waals surface area contributed by atoms with Gasteiger partial charge in [0.15, 0.2) is 0 Å². The lowest BCUT2D eigenvalue weighted by molar-refractivity contribution is -0.0299. The monoisotopic (exact) mass is 566 g/mol. The van der Waals surface area contributed by atoms with Crippen LogP contribution in [-0.2, 0) is 0 Å². The van der Waals surface area contributed by atoms with Crippen LogP contribution in [0.4, 0.5) is 0 Å². The summed E-state index contributed by atoms with van der Waals surface area (Å²) in [5.74, 6) is 11.3. The Morgan fingerprint density at radius 3 is 2.23 bits per heavy atom. The number of fused-ring (bicyclic) bond motifs is 8. The molecule has 40 heavy (non-hydrogen) atoms. The Morgan fingerprint density at radius 1 is 0.775 bits per heavy atom. The summed E-state index contributed by atoms with van der Waals surface area (Å²) in [7, 11) is 1.15. The predicted molar refractivity (Wildman–Crippen MR) is 174 cm³/mol. The summed E-state index contributed by atoms with van der Waals surface area (Å²) in [6.07, 6.45) is 21.7. The van der Waals surface area contributed by atoms with E-state index in [2.05, 4.69) is 59.7 Å². The maximum Gasteiger partial charge on any atom is 0.0558 e. The molecule has 0 aromatic rings. The first-order chi connectivity index (χ1) is 19.0. The minimum absolute atomic E-state index is 0.593. The molecule has 0 radical (unpaired) electrons. The Hall–Kier alpha value is 0.177. The van der Waals surface area contributed by atoms with E-state index in [0.717, 1.165) is 88.3 Å². The lowest BCUT2D eigenvalue weighted by Gasteiger charge is -2.54.